The molecule has 0 aliphatic heterocycles. The highest BCUT2D eigenvalue weighted by Gasteiger charge is 2.02. The smallest absolute Gasteiger partial charge is 0.141 e. The van der Waals surface area contributed by atoms with Crippen LogP contribution in [0, 0.1) is 0 Å². The SMILES string of the molecule is CCC(O)C/C(N)=N/O. The summed E-state index contributed by atoms with van der Waals surface area (Å²) in [5.74, 6) is 0.0735. The number of hydrogen-bond acceptors (Lipinski definition) is 3. The van der Waals surface area contributed by atoms with Gasteiger partial charge >= 0.3 is 0 Å². The fourth-order valence-corrected chi connectivity index (χ4v) is 0.427. The Morgan fingerprint density at radius 3 is 2.67 bits per heavy atom. The molecule has 0 radical (unpaired) electrons. The van der Waals surface area contributed by atoms with E-state index in [9.17, 15) is 0 Å². The van der Waals surface area contributed by atoms with Gasteiger partial charge in [0.15, 0.2) is 0 Å². The lowest BCUT2D eigenvalue weighted by atomic mass is 10.2. The second-order valence-electron chi connectivity index (χ2n) is 1.86. The standard InChI is InChI=1S/C5H12N2O2/c1-2-4(8)3-5(6)7-9/h4,8-9H,2-3H2,1H3,(H2,6,7). The van der Waals surface area contributed by atoms with Crippen molar-refractivity contribution in [1.82, 2.24) is 0 Å². The van der Waals surface area contributed by atoms with E-state index in [1.807, 2.05) is 6.92 Å². The number of aliphatic hydroxyl groups excluding tert-OH is 1. The predicted molar refractivity (Wildman–Crippen MR) is 34.3 cm³/mol. The zero-order chi connectivity index (χ0) is 7.28. The van der Waals surface area contributed by atoms with Crippen molar-refractivity contribution in [1.29, 1.82) is 0 Å². The van der Waals surface area contributed by atoms with E-state index in [4.69, 9.17) is 16.0 Å². The maximum atomic E-state index is 8.89. The fraction of sp³-hybridized carbons (Fsp3) is 0.800. The van der Waals surface area contributed by atoms with Gasteiger partial charge in [0, 0.05) is 6.42 Å². The molecule has 0 saturated carbocycles. The summed E-state index contributed by atoms with van der Waals surface area (Å²) in [7, 11) is 0. The van der Waals surface area contributed by atoms with Crippen LogP contribution in [0.1, 0.15) is 19.8 Å². The summed E-state index contributed by atoms with van der Waals surface area (Å²) >= 11 is 0. The minimum Gasteiger partial charge on any atom is -0.409 e. The third kappa shape index (κ3) is 3.78. The minimum absolute atomic E-state index is 0.0735. The van der Waals surface area contributed by atoms with Gasteiger partial charge in [-0.05, 0) is 6.42 Å². The Morgan fingerprint density at radius 1 is 1.78 bits per heavy atom. The third-order valence-electron chi connectivity index (χ3n) is 1.04. The molecule has 0 amide bonds. The Hall–Kier alpha value is -0.770. The maximum Gasteiger partial charge on any atom is 0.141 e. The molecule has 1 unspecified atom stereocenters. The van der Waals surface area contributed by atoms with Crippen LogP contribution in [-0.2, 0) is 0 Å². The molecule has 0 aliphatic rings. The largest absolute Gasteiger partial charge is 0.409 e. The van der Waals surface area contributed by atoms with Gasteiger partial charge in [-0.15, -0.1) is 0 Å². The van der Waals surface area contributed by atoms with Gasteiger partial charge in [-0.2, -0.15) is 0 Å². The summed E-state index contributed by atoms with van der Waals surface area (Å²) in [6.07, 6.45) is 0.379. The fourth-order valence-electron chi connectivity index (χ4n) is 0.427. The Bertz CT molecular complexity index is 103. The number of oxime groups is 1. The Balaban J connectivity index is 3.47. The van der Waals surface area contributed by atoms with E-state index in [1.54, 1.807) is 0 Å². The zero-order valence-electron chi connectivity index (χ0n) is 5.41. The molecule has 0 aromatic carbocycles. The molecule has 0 saturated heterocycles. The molecular formula is C5H12N2O2. The molecule has 1 atom stereocenters. The lowest BCUT2D eigenvalue weighted by molar-refractivity contribution is 0.176. The van der Waals surface area contributed by atoms with Gasteiger partial charge in [-0.3, -0.25) is 0 Å². The van der Waals surface area contributed by atoms with Crippen LogP contribution in [0.3, 0.4) is 0 Å². The summed E-state index contributed by atoms with van der Waals surface area (Å²) in [6.45, 7) is 1.83. The van der Waals surface area contributed by atoms with E-state index >= 15 is 0 Å². The monoisotopic (exact) mass is 132 g/mol. The quantitative estimate of drug-likeness (QED) is 0.217. The van der Waals surface area contributed by atoms with Gasteiger partial charge < -0.3 is 16.0 Å². The first-order valence-electron chi connectivity index (χ1n) is 2.85. The molecule has 4 N–H and O–H groups in total. The van der Waals surface area contributed by atoms with Crippen LogP contribution >= 0.6 is 0 Å². The van der Waals surface area contributed by atoms with Gasteiger partial charge in [0.1, 0.15) is 5.84 Å². The van der Waals surface area contributed by atoms with Crippen molar-refractivity contribution in [3.8, 4) is 0 Å². The van der Waals surface area contributed by atoms with Crippen molar-refractivity contribution < 1.29 is 10.3 Å². The third-order valence-corrected chi connectivity index (χ3v) is 1.04. The van der Waals surface area contributed by atoms with Crippen molar-refractivity contribution in [2.24, 2.45) is 10.9 Å². The highest BCUT2D eigenvalue weighted by atomic mass is 16.4. The van der Waals surface area contributed by atoms with Crippen LogP contribution in [0.25, 0.3) is 0 Å². The normalized spacial score (nSPS) is 15.6. The topological polar surface area (TPSA) is 78.8 Å². The average Bonchev–Trinajstić information content (AvgIpc) is 1.87. The van der Waals surface area contributed by atoms with Crippen molar-refractivity contribution in [3.63, 3.8) is 0 Å². The molecule has 0 spiro atoms. The van der Waals surface area contributed by atoms with Gasteiger partial charge in [0.2, 0.25) is 0 Å². The highest BCUT2D eigenvalue weighted by Crippen LogP contribution is 1.94. The molecule has 9 heavy (non-hydrogen) atoms. The second kappa shape index (κ2) is 4.14. The van der Waals surface area contributed by atoms with Crippen LogP contribution in [0.15, 0.2) is 5.16 Å². The number of amidine groups is 1. The Morgan fingerprint density at radius 2 is 2.33 bits per heavy atom. The lowest BCUT2D eigenvalue weighted by Gasteiger charge is -2.03. The van der Waals surface area contributed by atoms with Crippen molar-refractivity contribution >= 4 is 5.84 Å². The lowest BCUT2D eigenvalue weighted by Crippen LogP contribution is -2.19. The molecule has 0 bridgehead atoms. The Labute approximate surface area is 54.0 Å². The van der Waals surface area contributed by atoms with Crippen LogP contribution in [0.4, 0.5) is 0 Å². The van der Waals surface area contributed by atoms with Gasteiger partial charge in [-0.25, -0.2) is 0 Å². The second-order valence-corrected chi connectivity index (χ2v) is 1.86. The Kier molecular flexibility index (Phi) is 3.79. The molecule has 0 heterocycles. The molecular weight excluding hydrogens is 120 g/mol. The zero-order valence-corrected chi connectivity index (χ0v) is 5.41. The van der Waals surface area contributed by atoms with E-state index in [-0.39, 0.29) is 12.3 Å². The van der Waals surface area contributed by atoms with Crippen molar-refractivity contribution in [2.75, 3.05) is 0 Å². The summed E-state index contributed by atoms with van der Waals surface area (Å²) in [5, 5.41) is 19.6. The first kappa shape index (κ1) is 8.23. The van der Waals surface area contributed by atoms with E-state index in [1.165, 1.54) is 0 Å². The molecule has 0 aromatic rings. The van der Waals surface area contributed by atoms with Crippen molar-refractivity contribution in [2.45, 2.75) is 25.9 Å². The summed E-state index contributed by atoms with van der Waals surface area (Å²) in [5.41, 5.74) is 5.09. The molecule has 0 aliphatic carbocycles. The number of hydrogen-bond donors (Lipinski definition) is 3. The molecule has 4 heteroatoms. The molecule has 0 aromatic heterocycles. The first-order chi connectivity index (χ1) is 4.20. The predicted octanol–water partition coefficient (Wildman–Crippen LogP) is -0.106. The molecule has 4 nitrogen and oxygen atoms in total. The average molecular weight is 132 g/mol. The van der Waals surface area contributed by atoms with Gasteiger partial charge in [-0.1, -0.05) is 12.1 Å². The molecule has 0 fully saturated rings. The summed E-state index contributed by atoms with van der Waals surface area (Å²) < 4.78 is 0. The van der Waals surface area contributed by atoms with Crippen LogP contribution < -0.4 is 5.73 Å². The van der Waals surface area contributed by atoms with Crippen molar-refractivity contribution in [3.05, 3.63) is 0 Å². The molecule has 54 valence electrons. The maximum absolute atomic E-state index is 8.89. The van der Waals surface area contributed by atoms with Gasteiger partial charge in [0.05, 0.1) is 6.10 Å². The van der Waals surface area contributed by atoms with Crippen LogP contribution in [0.5, 0.6) is 0 Å². The van der Waals surface area contributed by atoms with Crippen LogP contribution in [-0.4, -0.2) is 22.3 Å². The number of rotatable bonds is 3. The van der Waals surface area contributed by atoms with E-state index < -0.39 is 6.10 Å². The number of nitrogens with two attached hydrogens (primary N) is 1. The first-order valence-corrected chi connectivity index (χ1v) is 2.85. The number of aliphatic hydroxyl groups is 1. The number of nitrogens with zero attached hydrogens (tertiary/aromatic N) is 1. The summed E-state index contributed by atoms with van der Waals surface area (Å²) in [6, 6.07) is 0. The van der Waals surface area contributed by atoms with E-state index in [0.29, 0.717) is 6.42 Å². The van der Waals surface area contributed by atoms with E-state index in [0.717, 1.165) is 0 Å². The van der Waals surface area contributed by atoms with E-state index in [2.05, 4.69) is 5.16 Å². The summed E-state index contributed by atoms with van der Waals surface area (Å²) in [4.78, 5) is 0. The molecule has 0 rings (SSSR count). The van der Waals surface area contributed by atoms with Gasteiger partial charge in [0.25, 0.3) is 0 Å². The van der Waals surface area contributed by atoms with Crippen LogP contribution in [0.2, 0.25) is 0 Å². The highest BCUT2D eigenvalue weighted by molar-refractivity contribution is 5.79. The minimum atomic E-state index is -0.485.